The summed E-state index contributed by atoms with van der Waals surface area (Å²) in [5.74, 6) is 0.440. The molecule has 1 aliphatic heterocycles. The van der Waals surface area contributed by atoms with Gasteiger partial charge in [0.25, 0.3) is 0 Å². The molecule has 44 heavy (non-hydrogen) atoms. The van der Waals surface area contributed by atoms with Crippen LogP contribution in [0.4, 0.5) is 4.79 Å². The molecule has 0 bridgehead atoms. The summed E-state index contributed by atoms with van der Waals surface area (Å²) in [5.41, 5.74) is 1.48. The van der Waals surface area contributed by atoms with E-state index in [4.69, 9.17) is 21.6 Å². The number of hydrogen-bond donors (Lipinski definition) is 4. The van der Waals surface area contributed by atoms with Crippen LogP contribution in [-0.4, -0.2) is 69.8 Å². The highest BCUT2D eigenvalue weighted by molar-refractivity contribution is 6.33. The molecule has 2 amide bonds. The predicted octanol–water partition coefficient (Wildman–Crippen LogP) is 5.94. The lowest BCUT2D eigenvalue weighted by Crippen LogP contribution is -2.49. The number of aliphatic hydroxyl groups is 1. The Kier molecular flexibility index (Phi) is 10.1. The summed E-state index contributed by atoms with van der Waals surface area (Å²) in [7, 11) is 1.94. The molecule has 236 valence electrons. The van der Waals surface area contributed by atoms with Gasteiger partial charge in [0.2, 0.25) is 5.91 Å². The molecule has 4 unspecified atom stereocenters. The van der Waals surface area contributed by atoms with Gasteiger partial charge in [0.15, 0.2) is 5.82 Å². The number of fused-ring (bicyclic) bond motifs is 1. The van der Waals surface area contributed by atoms with Crippen LogP contribution in [0.15, 0.2) is 42.5 Å². The third-order valence-corrected chi connectivity index (χ3v) is 9.81. The van der Waals surface area contributed by atoms with Gasteiger partial charge in [-0.2, -0.15) is 0 Å². The number of nitrogens with zero attached hydrogens (tertiary/aromatic N) is 3. The first-order valence-corrected chi connectivity index (χ1v) is 16.2. The minimum atomic E-state index is -1.41. The standard InChI is InChI=1S/C34H44ClN5O4/c1-21(2)30-25-10-4-5-13-28(25)38-31(39-30)29-26(11-6-12-27(29)35)34(44,16-8-17-37-33(42)43)23-9-7-18-40(20-23)32(41)22-14-15-24(19-22)36-3/h4-6,10-13,21-24,36-37,44H,7-9,14-20H2,1-3H3,(H,42,43). The third-order valence-electron chi connectivity index (χ3n) is 9.49. The molecule has 0 radical (unpaired) electrons. The van der Waals surface area contributed by atoms with Gasteiger partial charge < -0.3 is 25.7 Å². The van der Waals surface area contributed by atoms with E-state index >= 15 is 0 Å². The number of halogens is 1. The summed E-state index contributed by atoms with van der Waals surface area (Å²) in [6.45, 7) is 5.47. The Balaban J connectivity index is 1.56. The van der Waals surface area contributed by atoms with E-state index in [1.807, 2.05) is 48.3 Å². The second kappa shape index (κ2) is 13.8. The Morgan fingerprint density at radius 1 is 1.11 bits per heavy atom. The van der Waals surface area contributed by atoms with Gasteiger partial charge in [-0.3, -0.25) is 4.79 Å². The topological polar surface area (TPSA) is 128 Å². The maximum Gasteiger partial charge on any atom is 0.404 e. The van der Waals surface area contributed by atoms with Crippen molar-refractivity contribution >= 4 is 34.5 Å². The van der Waals surface area contributed by atoms with Gasteiger partial charge in [-0.1, -0.05) is 55.8 Å². The van der Waals surface area contributed by atoms with E-state index in [0.717, 1.165) is 48.7 Å². The van der Waals surface area contributed by atoms with E-state index in [0.29, 0.717) is 47.5 Å². The number of likely N-dealkylation sites (tertiary alicyclic amines) is 1. The largest absolute Gasteiger partial charge is 0.465 e. The number of rotatable bonds is 10. The van der Waals surface area contributed by atoms with E-state index in [1.54, 1.807) is 6.07 Å². The van der Waals surface area contributed by atoms with Crippen molar-refractivity contribution in [1.82, 2.24) is 25.5 Å². The molecule has 3 aromatic rings. The summed E-state index contributed by atoms with van der Waals surface area (Å²) in [4.78, 5) is 36.8. The number of carboxylic acid groups (broad SMARTS) is 1. The lowest BCUT2D eigenvalue weighted by Gasteiger charge is -2.44. The highest BCUT2D eigenvalue weighted by Crippen LogP contribution is 2.45. The van der Waals surface area contributed by atoms with Crippen LogP contribution in [0.5, 0.6) is 0 Å². The number of carbonyl (C=O) groups is 2. The number of amides is 2. The van der Waals surface area contributed by atoms with Gasteiger partial charge in [0.1, 0.15) is 0 Å². The molecule has 0 spiro atoms. The quantitative estimate of drug-likeness (QED) is 0.206. The number of hydrogen-bond acceptors (Lipinski definition) is 6. The van der Waals surface area contributed by atoms with Crippen molar-refractivity contribution in [3.05, 3.63) is 58.7 Å². The summed E-state index contributed by atoms with van der Waals surface area (Å²) >= 11 is 6.94. The number of piperidine rings is 1. The van der Waals surface area contributed by atoms with Crippen LogP contribution in [-0.2, 0) is 10.4 Å². The molecule has 9 nitrogen and oxygen atoms in total. The smallest absolute Gasteiger partial charge is 0.404 e. The molecule has 1 saturated heterocycles. The first-order valence-electron chi connectivity index (χ1n) is 15.8. The van der Waals surface area contributed by atoms with Crippen molar-refractivity contribution < 1.29 is 19.8 Å². The van der Waals surface area contributed by atoms with E-state index in [9.17, 15) is 19.8 Å². The highest BCUT2D eigenvalue weighted by atomic mass is 35.5. The van der Waals surface area contributed by atoms with Crippen molar-refractivity contribution in [3.63, 3.8) is 0 Å². The molecule has 4 N–H and O–H groups in total. The fraction of sp³-hybridized carbons (Fsp3) is 0.529. The molecule has 1 aromatic heterocycles. The minimum Gasteiger partial charge on any atom is -0.465 e. The Bertz CT molecular complexity index is 1500. The molecular formula is C34H44ClN5O4. The monoisotopic (exact) mass is 621 g/mol. The van der Waals surface area contributed by atoms with Crippen LogP contribution in [0.25, 0.3) is 22.3 Å². The van der Waals surface area contributed by atoms with Gasteiger partial charge in [0.05, 0.1) is 21.8 Å². The van der Waals surface area contributed by atoms with Gasteiger partial charge in [-0.05, 0) is 75.6 Å². The number of benzene rings is 2. The first kappa shape index (κ1) is 32.1. The van der Waals surface area contributed by atoms with Gasteiger partial charge in [-0.25, -0.2) is 14.8 Å². The summed E-state index contributed by atoms with van der Waals surface area (Å²) < 4.78 is 0. The van der Waals surface area contributed by atoms with Crippen LogP contribution >= 0.6 is 11.6 Å². The summed E-state index contributed by atoms with van der Waals surface area (Å²) in [6, 6.07) is 13.7. The van der Waals surface area contributed by atoms with E-state index in [-0.39, 0.29) is 36.6 Å². The average Bonchev–Trinajstić information content (AvgIpc) is 3.51. The fourth-order valence-corrected chi connectivity index (χ4v) is 7.43. The zero-order valence-electron chi connectivity index (χ0n) is 25.9. The molecule has 2 aromatic carbocycles. The molecule has 4 atom stereocenters. The lowest BCUT2D eigenvalue weighted by atomic mass is 9.72. The number of nitrogens with one attached hydrogen (secondary N) is 2. The summed E-state index contributed by atoms with van der Waals surface area (Å²) in [5, 5.41) is 29.2. The van der Waals surface area contributed by atoms with Crippen LogP contribution < -0.4 is 10.6 Å². The number of carbonyl (C=O) groups excluding carboxylic acids is 1. The van der Waals surface area contributed by atoms with Crippen molar-refractivity contribution in [2.75, 3.05) is 26.7 Å². The molecule has 1 aliphatic carbocycles. The zero-order valence-corrected chi connectivity index (χ0v) is 26.6. The van der Waals surface area contributed by atoms with Gasteiger partial charge >= 0.3 is 6.09 Å². The Morgan fingerprint density at radius 2 is 1.91 bits per heavy atom. The molecule has 10 heteroatoms. The Labute approximate surface area is 264 Å². The Hall–Kier alpha value is -3.27. The second-order valence-corrected chi connectivity index (χ2v) is 13.1. The first-order chi connectivity index (χ1) is 21.1. The molecule has 2 heterocycles. The minimum absolute atomic E-state index is 0.0127. The predicted molar refractivity (Wildman–Crippen MR) is 173 cm³/mol. The van der Waals surface area contributed by atoms with Crippen molar-refractivity contribution in [2.24, 2.45) is 11.8 Å². The highest BCUT2D eigenvalue weighted by Gasteiger charge is 2.44. The van der Waals surface area contributed by atoms with Crippen molar-refractivity contribution in [2.45, 2.75) is 76.4 Å². The van der Waals surface area contributed by atoms with E-state index < -0.39 is 11.7 Å². The molecule has 5 rings (SSSR count). The molecule has 1 saturated carbocycles. The maximum atomic E-state index is 13.7. The van der Waals surface area contributed by atoms with Crippen LogP contribution in [0.2, 0.25) is 5.02 Å². The van der Waals surface area contributed by atoms with E-state index in [2.05, 4.69) is 24.5 Å². The third kappa shape index (κ3) is 6.70. The molecular weight excluding hydrogens is 578 g/mol. The van der Waals surface area contributed by atoms with Crippen LogP contribution in [0, 0.1) is 11.8 Å². The van der Waals surface area contributed by atoms with Crippen LogP contribution in [0.3, 0.4) is 0 Å². The van der Waals surface area contributed by atoms with Gasteiger partial charge in [0, 0.05) is 48.5 Å². The second-order valence-electron chi connectivity index (χ2n) is 12.6. The van der Waals surface area contributed by atoms with Crippen LogP contribution in [0.1, 0.15) is 76.0 Å². The van der Waals surface area contributed by atoms with Gasteiger partial charge in [-0.15, -0.1) is 0 Å². The normalized spacial score (nSPS) is 21.9. The van der Waals surface area contributed by atoms with Crippen molar-refractivity contribution in [3.8, 4) is 11.4 Å². The zero-order chi connectivity index (χ0) is 31.4. The molecule has 2 aliphatic rings. The maximum absolute atomic E-state index is 13.7. The number of aromatic nitrogens is 2. The Morgan fingerprint density at radius 3 is 2.64 bits per heavy atom. The van der Waals surface area contributed by atoms with E-state index in [1.165, 1.54) is 0 Å². The molecule has 2 fully saturated rings. The number of para-hydroxylation sites is 1. The fourth-order valence-electron chi connectivity index (χ4n) is 7.17. The lowest BCUT2D eigenvalue weighted by molar-refractivity contribution is -0.140. The average molecular weight is 622 g/mol. The van der Waals surface area contributed by atoms with Crippen molar-refractivity contribution in [1.29, 1.82) is 0 Å². The summed E-state index contributed by atoms with van der Waals surface area (Å²) in [6.07, 6.45) is 3.76. The SMILES string of the molecule is CNC1CCC(C(=O)N2CCCC(C(O)(CCCNC(=O)O)c3cccc(Cl)c3-c3nc(C(C)C)c4ccccc4n3)C2)C1.